The maximum atomic E-state index is 11.3. The van der Waals surface area contributed by atoms with Gasteiger partial charge in [0, 0.05) is 6.54 Å². The van der Waals surface area contributed by atoms with E-state index < -0.39 is 12.0 Å². The molecule has 2 rings (SSSR count). The lowest BCUT2D eigenvalue weighted by atomic mass is 9.91. The molecule has 0 amide bonds. The molecule has 2 heterocycles. The summed E-state index contributed by atoms with van der Waals surface area (Å²) in [6, 6.07) is 1.32. The zero-order chi connectivity index (χ0) is 13.1. The molecule has 18 heavy (non-hydrogen) atoms. The average Bonchev–Trinajstić information content (AvgIpc) is 2.38. The summed E-state index contributed by atoms with van der Waals surface area (Å²) in [5.74, 6) is -0.241. The van der Waals surface area contributed by atoms with Crippen molar-refractivity contribution >= 4 is 11.8 Å². The van der Waals surface area contributed by atoms with E-state index >= 15 is 0 Å². The number of piperidine rings is 1. The first kappa shape index (κ1) is 12.3. The fourth-order valence-electron chi connectivity index (χ4n) is 2.35. The van der Waals surface area contributed by atoms with Crippen LogP contribution in [0.25, 0.3) is 0 Å². The van der Waals surface area contributed by atoms with E-state index in [4.69, 9.17) is 5.26 Å². The highest BCUT2D eigenvalue weighted by Crippen LogP contribution is 2.27. The first-order chi connectivity index (χ1) is 8.63. The molecule has 1 fully saturated rings. The molecule has 0 spiro atoms. The Morgan fingerprint density at radius 3 is 2.89 bits per heavy atom. The fraction of sp³-hybridized carbons (Fsp3) is 0.500. The molecule has 2 unspecified atom stereocenters. The van der Waals surface area contributed by atoms with E-state index in [2.05, 4.69) is 9.97 Å². The molecule has 0 saturated carbocycles. The monoisotopic (exact) mass is 246 g/mol. The van der Waals surface area contributed by atoms with E-state index in [9.17, 15) is 9.90 Å². The van der Waals surface area contributed by atoms with Gasteiger partial charge in [0.2, 0.25) is 0 Å². The lowest BCUT2D eigenvalue weighted by Crippen LogP contribution is -2.49. The highest BCUT2D eigenvalue weighted by molar-refractivity contribution is 5.78. The Hall–Kier alpha value is -2.16. The molecule has 1 saturated heterocycles. The van der Waals surface area contributed by atoms with Crippen molar-refractivity contribution in [2.75, 3.05) is 11.4 Å². The number of carbonyl (C=O) groups is 1. The lowest BCUT2D eigenvalue weighted by molar-refractivity contribution is -0.140. The predicted octanol–water partition coefficient (Wildman–Crippen LogP) is 1.04. The van der Waals surface area contributed by atoms with Crippen LogP contribution in [0.5, 0.6) is 0 Å². The highest BCUT2D eigenvalue weighted by Gasteiger charge is 2.35. The van der Waals surface area contributed by atoms with E-state index in [1.807, 2.05) is 13.0 Å². The number of hydrogen-bond donors (Lipinski definition) is 1. The number of hydrogen-bond acceptors (Lipinski definition) is 5. The Kier molecular flexibility index (Phi) is 3.42. The first-order valence-electron chi connectivity index (χ1n) is 5.85. The van der Waals surface area contributed by atoms with Crippen LogP contribution < -0.4 is 4.90 Å². The van der Waals surface area contributed by atoms with Gasteiger partial charge >= 0.3 is 5.97 Å². The zero-order valence-electron chi connectivity index (χ0n) is 10.1. The zero-order valence-corrected chi connectivity index (χ0v) is 10.1. The number of anilines is 1. The van der Waals surface area contributed by atoms with Gasteiger partial charge < -0.3 is 10.0 Å². The SMILES string of the molecule is CC1CCCN(c2cnc(C#N)cn2)C1C(=O)O. The van der Waals surface area contributed by atoms with Crippen molar-refractivity contribution in [1.29, 1.82) is 5.26 Å². The van der Waals surface area contributed by atoms with Gasteiger partial charge in [-0.25, -0.2) is 14.8 Å². The number of nitrogens with zero attached hydrogens (tertiary/aromatic N) is 4. The molecule has 1 N–H and O–H groups in total. The second-order valence-corrected chi connectivity index (χ2v) is 4.47. The summed E-state index contributed by atoms with van der Waals surface area (Å²) in [5, 5.41) is 18.0. The van der Waals surface area contributed by atoms with Gasteiger partial charge in [0.1, 0.15) is 17.9 Å². The van der Waals surface area contributed by atoms with E-state index in [-0.39, 0.29) is 11.6 Å². The maximum absolute atomic E-state index is 11.3. The molecule has 0 aliphatic carbocycles. The Morgan fingerprint density at radius 2 is 2.33 bits per heavy atom. The van der Waals surface area contributed by atoms with Gasteiger partial charge in [-0.15, -0.1) is 0 Å². The molecule has 0 aromatic carbocycles. The molecule has 1 aromatic heterocycles. The van der Waals surface area contributed by atoms with Crippen LogP contribution in [-0.4, -0.2) is 33.6 Å². The van der Waals surface area contributed by atoms with Gasteiger partial charge in [-0.2, -0.15) is 5.26 Å². The highest BCUT2D eigenvalue weighted by atomic mass is 16.4. The number of nitriles is 1. The molecule has 2 atom stereocenters. The smallest absolute Gasteiger partial charge is 0.326 e. The van der Waals surface area contributed by atoms with Crippen molar-refractivity contribution in [2.24, 2.45) is 5.92 Å². The second-order valence-electron chi connectivity index (χ2n) is 4.47. The fourth-order valence-corrected chi connectivity index (χ4v) is 2.35. The number of aliphatic carboxylic acids is 1. The minimum atomic E-state index is -0.839. The Labute approximate surface area is 105 Å². The summed E-state index contributed by atoms with van der Waals surface area (Å²) in [7, 11) is 0. The standard InChI is InChI=1S/C12H14N4O2/c1-8-3-2-4-16(11(8)12(17)18)10-7-14-9(5-13)6-15-10/h6-8,11H,2-4H2,1H3,(H,17,18). The van der Waals surface area contributed by atoms with Crippen LogP contribution in [-0.2, 0) is 4.79 Å². The van der Waals surface area contributed by atoms with Crippen molar-refractivity contribution in [3.8, 4) is 6.07 Å². The Bertz CT molecular complexity index is 480. The van der Waals surface area contributed by atoms with Crippen molar-refractivity contribution in [3.63, 3.8) is 0 Å². The maximum Gasteiger partial charge on any atom is 0.326 e. The van der Waals surface area contributed by atoms with Crippen LogP contribution in [0.4, 0.5) is 5.82 Å². The summed E-state index contributed by atoms with van der Waals surface area (Å²) in [4.78, 5) is 21.1. The quantitative estimate of drug-likeness (QED) is 0.838. The molecule has 1 aromatic rings. The van der Waals surface area contributed by atoms with Gasteiger partial charge in [0.05, 0.1) is 12.4 Å². The van der Waals surface area contributed by atoms with Crippen molar-refractivity contribution in [3.05, 3.63) is 18.1 Å². The largest absolute Gasteiger partial charge is 0.480 e. The minimum absolute atomic E-state index is 0.0775. The Morgan fingerprint density at radius 1 is 1.56 bits per heavy atom. The number of carboxylic acid groups (broad SMARTS) is 1. The summed E-state index contributed by atoms with van der Waals surface area (Å²) in [5.41, 5.74) is 0.232. The number of carboxylic acids is 1. The third-order valence-corrected chi connectivity index (χ3v) is 3.23. The van der Waals surface area contributed by atoms with Crippen LogP contribution in [0.2, 0.25) is 0 Å². The molecule has 1 aliphatic rings. The number of aromatic nitrogens is 2. The predicted molar refractivity (Wildman–Crippen MR) is 63.9 cm³/mol. The summed E-state index contributed by atoms with van der Waals surface area (Å²) < 4.78 is 0. The van der Waals surface area contributed by atoms with E-state index in [1.54, 1.807) is 4.90 Å². The van der Waals surface area contributed by atoms with Crippen LogP contribution >= 0.6 is 0 Å². The van der Waals surface area contributed by atoms with Gasteiger partial charge in [-0.05, 0) is 18.8 Å². The normalized spacial score (nSPS) is 23.4. The minimum Gasteiger partial charge on any atom is -0.480 e. The van der Waals surface area contributed by atoms with Crippen molar-refractivity contribution in [1.82, 2.24) is 9.97 Å². The van der Waals surface area contributed by atoms with Crippen LogP contribution in [0.3, 0.4) is 0 Å². The molecule has 6 nitrogen and oxygen atoms in total. The second kappa shape index (κ2) is 5.00. The molecule has 1 aliphatic heterocycles. The number of rotatable bonds is 2. The molecule has 94 valence electrons. The Balaban J connectivity index is 2.28. The third-order valence-electron chi connectivity index (χ3n) is 3.23. The van der Waals surface area contributed by atoms with Crippen LogP contribution in [0, 0.1) is 17.2 Å². The average molecular weight is 246 g/mol. The molecule has 0 bridgehead atoms. The summed E-state index contributed by atoms with van der Waals surface area (Å²) in [6.07, 6.45) is 4.67. The van der Waals surface area contributed by atoms with Gasteiger partial charge in [-0.3, -0.25) is 0 Å². The topological polar surface area (TPSA) is 90.1 Å². The van der Waals surface area contributed by atoms with Crippen molar-refractivity contribution < 1.29 is 9.90 Å². The van der Waals surface area contributed by atoms with E-state index in [0.717, 1.165) is 12.8 Å². The van der Waals surface area contributed by atoms with Gasteiger partial charge in [-0.1, -0.05) is 6.92 Å². The van der Waals surface area contributed by atoms with Crippen molar-refractivity contribution in [2.45, 2.75) is 25.8 Å². The van der Waals surface area contributed by atoms with Gasteiger partial charge in [0.25, 0.3) is 0 Å². The molecule has 0 radical (unpaired) electrons. The summed E-state index contributed by atoms with van der Waals surface area (Å²) >= 11 is 0. The van der Waals surface area contributed by atoms with Crippen LogP contribution in [0.15, 0.2) is 12.4 Å². The van der Waals surface area contributed by atoms with E-state index in [1.165, 1.54) is 12.4 Å². The van der Waals surface area contributed by atoms with E-state index in [0.29, 0.717) is 12.4 Å². The van der Waals surface area contributed by atoms with Gasteiger partial charge in [0.15, 0.2) is 5.69 Å². The first-order valence-corrected chi connectivity index (χ1v) is 5.85. The lowest BCUT2D eigenvalue weighted by Gasteiger charge is -2.37. The van der Waals surface area contributed by atoms with Crippen LogP contribution in [0.1, 0.15) is 25.5 Å². The molecular formula is C12H14N4O2. The molecular weight excluding hydrogens is 232 g/mol. The third kappa shape index (κ3) is 2.25. The molecule has 6 heteroatoms. The summed E-state index contributed by atoms with van der Waals surface area (Å²) in [6.45, 7) is 2.59.